The van der Waals surface area contributed by atoms with E-state index in [-0.39, 0.29) is 43.7 Å². The lowest BCUT2D eigenvalue weighted by atomic mass is 10.2. The van der Waals surface area contributed by atoms with Crippen LogP contribution in [-0.4, -0.2) is 89.2 Å². The van der Waals surface area contributed by atoms with Crippen molar-refractivity contribution in [2.75, 3.05) is 50.9 Å². The summed E-state index contributed by atoms with van der Waals surface area (Å²) in [6.45, 7) is 9.48. The fourth-order valence-electron chi connectivity index (χ4n) is 4.84. The maximum Gasteiger partial charge on any atom is 0.419 e. The van der Waals surface area contributed by atoms with Crippen LogP contribution in [0.1, 0.15) is 30.5 Å². The maximum atomic E-state index is 14.0. The molecule has 0 radical (unpaired) electrons. The number of alkyl halides is 6. The summed E-state index contributed by atoms with van der Waals surface area (Å²) in [7, 11) is -1.40. The van der Waals surface area contributed by atoms with E-state index in [9.17, 15) is 35.9 Å². The topological polar surface area (TPSA) is 108 Å². The maximum absolute atomic E-state index is 14.0. The summed E-state index contributed by atoms with van der Waals surface area (Å²) in [5.41, 5.74) is -2.91. The van der Waals surface area contributed by atoms with E-state index in [4.69, 9.17) is 9.47 Å². The lowest BCUT2D eigenvalue weighted by Gasteiger charge is -2.34. The Morgan fingerprint density at radius 3 is 2.20 bits per heavy atom. The van der Waals surface area contributed by atoms with Crippen LogP contribution in [0, 0.1) is 0 Å². The number of halogens is 6. The second kappa shape index (κ2) is 14.1. The molecule has 46 heavy (non-hydrogen) atoms. The van der Waals surface area contributed by atoms with E-state index in [0.29, 0.717) is 32.8 Å². The number of anilines is 1. The van der Waals surface area contributed by atoms with Crippen molar-refractivity contribution >= 4 is 30.8 Å². The quantitative estimate of drug-likeness (QED) is 0.155. The largest absolute Gasteiger partial charge is 0.419 e. The zero-order valence-corrected chi connectivity index (χ0v) is 27.0. The summed E-state index contributed by atoms with van der Waals surface area (Å²) in [6, 6.07) is 0.209. The van der Waals surface area contributed by atoms with Crippen molar-refractivity contribution < 1.29 is 40.6 Å². The van der Waals surface area contributed by atoms with E-state index >= 15 is 0 Å². The molecule has 1 unspecified atom stereocenters. The SMILES string of the molecule is CC(COCCC(=O)N1CCN(c2ncc(C(F)(F)F)cn2)CC1)n1cc(C(F)(F)F)c2c(=O)n(COCC[Si](C)(C)C)ncc21. The molecule has 1 aliphatic rings. The van der Waals surface area contributed by atoms with Crippen LogP contribution in [0.5, 0.6) is 0 Å². The molecule has 1 saturated heterocycles. The van der Waals surface area contributed by atoms with Gasteiger partial charge in [-0.05, 0) is 13.0 Å². The van der Waals surface area contributed by atoms with E-state index in [1.807, 2.05) is 0 Å². The molecule has 0 N–H and O–H groups in total. The molecule has 1 amide bonds. The van der Waals surface area contributed by atoms with Crippen LogP contribution in [-0.2, 0) is 33.4 Å². The van der Waals surface area contributed by atoms with Crippen molar-refractivity contribution in [3.05, 3.63) is 46.3 Å². The van der Waals surface area contributed by atoms with Gasteiger partial charge >= 0.3 is 12.4 Å². The summed E-state index contributed by atoms with van der Waals surface area (Å²) in [5.74, 6) is -0.0632. The molecule has 4 heterocycles. The molecule has 3 aromatic rings. The van der Waals surface area contributed by atoms with Crippen molar-refractivity contribution in [1.29, 1.82) is 0 Å². The molecule has 0 saturated carbocycles. The second-order valence-electron chi connectivity index (χ2n) is 12.3. The van der Waals surface area contributed by atoms with Gasteiger partial charge in [0.05, 0.1) is 53.9 Å². The van der Waals surface area contributed by atoms with Gasteiger partial charge in [-0.15, -0.1) is 0 Å². The lowest BCUT2D eigenvalue weighted by molar-refractivity contribution is -0.138. The minimum absolute atomic E-state index is 0.0105. The molecule has 0 aliphatic carbocycles. The molecule has 3 aromatic heterocycles. The highest BCUT2D eigenvalue weighted by Crippen LogP contribution is 2.35. The van der Waals surface area contributed by atoms with Gasteiger partial charge in [-0.3, -0.25) is 9.59 Å². The molecular formula is C28H37F6N7O4Si. The first kappa shape index (κ1) is 35.3. The van der Waals surface area contributed by atoms with E-state index in [0.717, 1.165) is 29.3 Å². The van der Waals surface area contributed by atoms with Gasteiger partial charge in [0.25, 0.3) is 5.56 Å². The van der Waals surface area contributed by atoms with E-state index < -0.39 is 48.5 Å². The number of carbonyl (C=O) groups is 1. The smallest absolute Gasteiger partial charge is 0.379 e. The number of hydrogen-bond donors (Lipinski definition) is 0. The first-order valence-corrected chi connectivity index (χ1v) is 18.4. The highest BCUT2D eigenvalue weighted by molar-refractivity contribution is 6.76. The van der Waals surface area contributed by atoms with Crippen LogP contribution in [0.25, 0.3) is 10.9 Å². The molecule has 1 aliphatic heterocycles. The standard InChI is InChI=1S/C28H37F6N7O4Si/c1-19(17-44-10-5-23(42)38-6-8-39(9-7-38)26-35-13-20(14-36-26)27(29,30)31)40-16-21(28(32,33)34)24-22(40)15-37-41(25(24)43)18-45-11-12-46(2,3)4/h13-16,19H,5-12,17-18H2,1-4H3. The lowest BCUT2D eigenvalue weighted by Crippen LogP contribution is -2.49. The average molecular weight is 678 g/mol. The summed E-state index contributed by atoms with van der Waals surface area (Å²) in [5, 5.41) is 3.54. The predicted molar refractivity (Wildman–Crippen MR) is 159 cm³/mol. The zero-order chi connectivity index (χ0) is 33.9. The first-order valence-electron chi connectivity index (χ1n) is 14.7. The molecule has 1 atom stereocenters. The molecule has 0 bridgehead atoms. The third-order valence-electron chi connectivity index (χ3n) is 7.53. The monoisotopic (exact) mass is 677 g/mol. The van der Waals surface area contributed by atoms with Crippen molar-refractivity contribution in [2.45, 2.75) is 64.2 Å². The minimum atomic E-state index is -4.78. The van der Waals surface area contributed by atoms with Crippen LogP contribution in [0.2, 0.25) is 25.7 Å². The Morgan fingerprint density at radius 2 is 1.61 bits per heavy atom. The van der Waals surface area contributed by atoms with Gasteiger partial charge in [0, 0.05) is 59.5 Å². The number of aromatic nitrogens is 5. The highest BCUT2D eigenvalue weighted by atomic mass is 28.3. The number of rotatable bonds is 12. The van der Waals surface area contributed by atoms with Gasteiger partial charge in [0.1, 0.15) is 6.73 Å². The van der Waals surface area contributed by atoms with Gasteiger partial charge in [-0.25, -0.2) is 14.6 Å². The molecule has 18 heteroatoms. The number of carbonyl (C=O) groups excluding carboxylic acids is 1. The Balaban J connectivity index is 1.30. The van der Waals surface area contributed by atoms with Crippen molar-refractivity contribution in [2.24, 2.45) is 0 Å². The summed E-state index contributed by atoms with van der Waals surface area (Å²) in [4.78, 5) is 36.6. The van der Waals surface area contributed by atoms with E-state index in [1.165, 1.54) is 10.8 Å². The minimum Gasteiger partial charge on any atom is -0.379 e. The van der Waals surface area contributed by atoms with Gasteiger partial charge in [-0.2, -0.15) is 31.4 Å². The summed E-state index contributed by atoms with van der Waals surface area (Å²) < 4.78 is 93.5. The van der Waals surface area contributed by atoms with Gasteiger partial charge < -0.3 is 23.8 Å². The third-order valence-corrected chi connectivity index (χ3v) is 9.23. The normalized spacial score (nSPS) is 15.5. The number of piperazine rings is 1. The van der Waals surface area contributed by atoms with Gasteiger partial charge in [-0.1, -0.05) is 19.6 Å². The van der Waals surface area contributed by atoms with Crippen LogP contribution in [0.15, 0.2) is 29.6 Å². The molecule has 0 spiro atoms. The number of hydrogen-bond acceptors (Lipinski definition) is 8. The second-order valence-corrected chi connectivity index (χ2v) is 17.9. The van der Waals surface area contributed by atoms with E-state index in [1.54, 1.807) is 16.7 Å². The van der Waals surface area contributed by atoms with Crippen LogP contribution in [0.3, 0.4) is 0 Å². The van der Waals surface area contributed by atoms with Gasteiger partial charge in [0.2, 0.25) is 11.9 Å². The molecule has 254 valence electrons. The van der Waals surface area contributed by atoms with Crippen molar-refractivity contribution in [1.82, 2.24) is 29.2 Å². The third kappa shape index (κ3) is 8.84. The average Bonchev–Trinajstić information content (AvgIpc) is 3.39. The Bertz CT molecular complexity index is 1550. The zero-order valence-electron chi connectivity index (χ0n) is 26.0. The van der Waals surface area contributed by atoms with Crippen molar-refractivity contribution in [3.8, 4) is 0 Å². The number of amides is 1. The number of fused-ring (bicyclic) bond motifs is 1. The number of ether oxygens (including phenoxy) is 2. The fraction of sp³-hybridized carbons (Fsp3) is 0.607. The molecule has 11 nitrogen and oxygen atoms in total. The molecule has 4 rings (SSSR count). The Kier molecular flexibility index (Phi) is 10.8. The Morgan fingerprint density at radius 1 is 0.957 bits per heavy atom. The first-order chi connectivity index (χ1) is 21.5. The highest BCUT2D eigenvalue weighted by Gasteiger charge is 2.37. The molecule has 0 aromatic carbocycles. The van der Waals surface area contributed by atoms with Crippen molar-refractivity contribution in [3.63, 3.8) is 0 Å². The predicted octanol–water partition coefficient (Wildman–Crippen LogP) is 4.65. The Hall–Kier alpha value is -3.51. The molecule has 1 fully saturated rings. The number of nitrogens with zero attached hydrogens (tertiary/aromatic N) is 7. The van der Waals surface area contributed by atoms with E-state index in [2.05, 4.69) is 34.7 Å². The summed E-state index contributed by atoms with van der Waals surface area (Å²) >= 11 is 0. The molecular weight excluding hydrogens is 640 g/mol. The fourth-order valence-corrected chi connectivity index (χ4v) is 5.60. The van der Waals surface area contributed by atoms with Crippen LogP contribution < -0.4 is 10.5 Å². The van der Waals surface area contributed by atoms with Crippen LogP contribution in [0.4, 0.5) is 32.3 Å². The van der Waals surface area contributed by atoms with Gasteiger partial charge in [0.15, 0.2) is 0 Å². The Labute approximate surface area is 262 Å². The summed E-state index contributed by atoms with van der Waals surface area (Å²) in [6.07, 6.45) is -5.77. The van der Waals surface area contributed by atoms with Crippen LogP contribution >= 0.6 is 0 Å².